The van der Waals surface area contributed by atoms with Crippen molar-refractivity contribution >= 4 is 22.5 Å². The van der Waals surface area contributed by atoms with Crippen LogP contribution in [0, 0.1) is 13.8 Å². The van der Waals surface area contributed by atoms with Crippen molar-refractivity contribution in [2.75, 3.05) is 5.32 Å². The third kappa shape index (κ3) is 4.70. The molecule has 0 aliphatic carbocycles. The van der Waals surface area contributed by atoms with E-state index in [1.165, 1.54) is 4.68 Å². The summed E-state index contributed by atoms with van der Waals surface area (Å²) in [5.41, 5.74) is 4.89. The molecule has 1 amide bonds. The summed E-state index contributed by atoms with van der Waals surface area (Å²) in [6, 6.07) is 19.6. The van der Waals surface area contributed by atoms with Crippen LogP contribution in [0.25, 0.3) is 22.4 Å². The molecular formula is C29H30N6O2. The Morgan fingerprint density at radius 3 is 2.43 bits per heavy atom. The average Bonchev–Trinajstić information content (AvgIpc) is 3.57. The molecule has 2 aromatic carbocycles. The fraction of sp³-hybridized carbons (Fsp3) is 0.241. The van der Waals surface area contributed by atoms with Crippen LogP contribution in [0.5, 0.6) is 0 Å². The van der Waals surface area contributed by atoms with Crippen LogP contribution >= 0.6 is 0 Å². The first-order chi connectivity index (χ1) is 18.0. The number of amides is 1. The van der Waals surface area contributed by atoms with Crippen molar-refractivity contribution in [2.24, 2.45) is 0 Å². The summed E-state index contributed by atoms with van der Waals surface area (Å²) in [5.74, 6) is 0.597. The second kappa shape index (κ2) is 10.3. The highest BCUT2D eigenvalue weighted by Crippen LogP contribution is 2.25. The van der Waals surface area contributed by atoms with Gasteiger partial charge < -0.3 is 9.88 Å². The molecule has 0 aliphatic heterocycles. The smallest absolute Gasteiger partial charge is 0.280 e. The number of nitrogens with zero attached hydrogens (tertiary/aromatic N) is 5. The van der Waals surface area contributed by atoms with Crippen LogP contribution in [0.3, 0.4) is 0 Å². The number of anilines is 1. The van der Waals surface area contributed by atoms with Gasteiger partial charge in [-0.05, 0) is 62.1 Å². The van der Waals surface area contributed by atoms with E-state index in [2.05, 4.69) is 17.3 Å². The minimum Gasteiger partial charge on any atom is -0.326 e. The van der Waals surface area contributed by atoms with Gasteiger partial charge in [-0.2, -0.15) is 10.2 Å². The fourth-order valence-corrected chi connectivity index (χ4v) is 4.67. The number of para-hydroxylation sites is 2. The van der Waals surface area contributed by atoms with E-state index in [0.717, 1.165) is 28.9 Å². The second-order valence-corrected chi connectivity index (χ2v) is 9.11. The van der Waals surface area contributed by atoms with Gasteiger partial charge in [-0.1, -0.05) is 43.3 Å². The number of fused-ring (bicyclic) bond motifs is 1. The van der Waals surface area contributed by atoms with E-state index in [9.17, 15) is 9.59 Å². The molecule has 188 valence electrons. The maximum Gasteiger partial charge on any atom is 0.280 e. The molecule has 3 heterocycles. The summed E-state index contributed by atoms with van der Waals surface area (Å²) in [6.07, 6.45) is 5.42. The van der Waals surface area contributed by atoms with Crippen molar-refractivity contribution in [3.63, 3.8) is 0 Å². The van der Waals surface area contributed by atoms with Gasteiger partial charge in [0.1, 0.15) is 10.9 Å². The Morgan fingerprint density at radius 2 is 1.70 bits per heavy atom. The van der Waals surface area contributed by atoms with Crippen molar-refractivity contribution in [1.82, 2.24) is 24.1 Å². The van der Waals surface area contributed by atoms with Crippen LogP contribution in [0.2, 0.25) is 0 Å². The zero-order chi connectivity index (χ0) is 25.9. The maximum absolute atomic E-state index is 13.7. The molecule has 8 heteroatoms. The van der Waals surface area contributed by atoms with E-state index in [1.54, 1.807) is 4.68 Å². The lowest BCUT2D eigenvalue weighted by atomic mass is 10.1. The number of carbonyl (C=O) groups is 1. The highest BCUT2D eigenvalue weighted by atomic mass is 16.1. The van der Waals surface area contributed by atoms with Crippen LogP contribution in [-0.4, -0.2) is 30.0 Å². The maximum atomic E-state index is 13.7. The van der Waals surface area contributed by atoms with Crippen LogP contribution in [0.1, 0.15) is 36.6 Å². The molecule has 0 radical (unpaired) electrons. The molecular weight excluding hydrogens is 464 g/mol. The summed E-state index contributed by atoms with van der Waals surface area (Å²) in [7, 11) is 0. The number of carbonyl (C=O) groups excluding carboxylic acids is 1. The van der Waals surface area contributed by atoms with E-state index >= 15 is 0 Å². The first-order valence-electron chi connectivity index (χ1n) is 12.6. The number of hydrogen-bond donors (Lipinski definition) is 1. The minimum atomic E-state index is -0.223. The molecule has 5 aromatic rings. The number of hydrogen-bond acceptors (Lipinski definition) is 4. The zero-order valence-electron chi connectivity index (χ0n) is 21.3. The van der Waals surface area contributed by atoms with Crippen LogP contribution < -0.4 is 10.9 Å². The van der Waals surface area contributed by atoms with E-state index < -0.39 is 0 Å². The molecule has 3 aromatic heterocycles. The van der Waals surface area contributed by atoms with Crippen molar-refractivity contribution < 1.29 is 4.79 Å². The SMILES string of the molecule is CCc1cccc(C)c1NC(=O)CCCn1nc(C)c2nn(-c3ccccc3)c(-n3cccc3)c2c1=O. The first kappa shape index (κ1) is 24.2. The van der Waals surface area contributed by atoms with Crippen molar-refractivity contribution in [1.29, 1.82) is 0 Å². The van der Waals surface area contributed by atoms with E-state index in [1.807, 2.05) is 91.5 Å². The highest BCUT2D eigenvalue weighted by Gasteiger charge is 2.21. The molecule has 0 bridgehead atoms. The van der Waals surface area contributed by atoms with Gasteiger partial charge in [0.15, 0.2) is 5.82 Å². The molecule has 1 N–H and O–H groups in total. The molecule has 8 nitrogen and oxygen atoms in total. The first-order valence-corrected chi connectivity index (χ1v) is 12.6. The Labute approximate surface area is 215 Å². The summed E-state index contributed by atoms with van der Waals surface area (Å²) < 4.78 is 5.14. The molecule has 0 saturated heterocycles. The van der Waals surface area contributed by atoms with Gasteiger partial charge in [-0.3, -0.25) is 9.59 Å². The van der Waals surface area contributed by atoms with Crippen LogP contribution in [0.4, 0.5) is 5.69 Å². The van der Waals surface area contributed by atoms with Gasteiger partial charge in [0.2, 0.25) is 5.91 Å². The van der Waals surface area contributed by atoms with E-state index in [4.69, 9.17) is 5.10 Å². The Kier molecular flexibility index (Phi) is 6.72. The third-order valence-corrected chi connectivity index (χ3v) is 6.55. The lowest BCUT2D eigenvalue weighted by Gasteiger charge is -2.13. The van der Waals surface area contributed by atoms with Gasteiger partial charge in [0.05, 0.1) is 11.4 Å². The molecule has 0 spiro atoms. The summed E-state index contributed by atoms with van der Waals surface area (Å²) >= 11 is 0. The molecule has 0 aliphatic rings. The Balaban J connectivity index is 1.44. The number of rotatable bonds is 8. The fourth-order valence-electron chi connectivity index (χ4n) is 4.67. The topological polar surface area (TPSA) is 86.7 Å². The quantitative estimate of drug-likeness (QED) is 0.330. The number of aromatic nitrogens is 5. The van der Waals surface area contributed by atoms with Crippen molar-refractivity contribution in [2.45, 2.75) is 46.6 Å². The van der Waals surface area contributed by atoms with Gasteiger partial charge >= 0.3 is 0 Å². The van der Waals surface area contributed by atoms with Gasteiger partial charge in [-0.15, -0.1) is 0 Å². The second-order valence-electron chi connectivity index (χ2n) is 9.11. The number of aryl methyl sites for hydroxylation is 4. The Morgan fingerprint density at radius 1 is 0.946 bits per heavy atom. The van der Waals surface area contributed by atoms with Gasteiger partial charge in [0, 0.05) is 31.0 Å². The summed E-state index contributed by atoms with van der Waals surface area (Å²) in [4.78, 5) is 26.4. The van der Waals surface area contributed by atoms with Crippen LogP contribution in [-0.2, 0) is 17.8 Å². The average molecular weight is 495 g/mol. The third-order valence-electron chi connectivity index (χ3n) is 6.55. The van der Waals surface area contributed by atoms with E-state index in [-0.39, 0.29) is 17.9 Å². The summed E-state index contributed by atoms with van der Waals surface area (Å²) in [6.45, 7) is 6.26. The highest BCUT2D eigenvalue weighted by molar-refractivity contribution is 5.92. The van der Waals surface area contributed by atoms with Crippen molar-refractivity contribution in [3.05, 3.63) is 100 Å². The van der Waals surface area contributed by atoms with Gasteiger partial charge in [-0.25, -0.2) is 9.36 Å². The number of benzene rings is 2. The standard InChI is InChI=1S/C29H30N6O2/c1-4-22-13-10-12-20(2)26(22)30-24(36)16-11-19-34-29(37)25-27(21(3)31-34)32-35(23-14-6-5-7-15-23)28(25)33-17-8-9-18-33/h5-10,12-15,17-18H,4,11,16,19H2,1-3H3,(H,30,36). The number of nitrogens with one attached hydrogen (secondary N) is 1. The van der Waals surface area contributed by atoms with Crippen LogP contribution in [0.15, 0.2) is 77.9 Å². The molecule has 0 unspecified atom stereocenters. The predicted molar refractivity (Wildman–Crippen MR) is 146 cm³/mol. The van der Waals surface area contributed by atoms with Gasteiger partial charge in [0.25, 0.3) is 5.56 Å². The predicted octanol–water partition coefficient (Wildman–Crippen LogP) is 4.97. The molecule has 37 heavy (non-hydrogen) atoms. The molecule has 0 fully saturated rings. The lowest BCUT2D eigenvalue weighted by Crippen LogP contribution is -2.25. The molecule has 0 saturated carbocycles. The normalized spacial score (nSPS) is 11.2. The Bertz CT molecular complexity index is 1610. The summed E-state index contributed by atoms with van der Waals surface area (Å²) in [5, 5.41) is 12.9. The Hall–Kier alpha value is -4.46. The van der Waals surface area contributed by atoms with E-state index in [0.29, 0.717) is 35.4 Å². The minimum absolute atomic E-state index is 0.0697. The largest absolute Gasteiger partial charge is 0.326 e. The van der Waals surface area contributed by atoms with Crippen molar-refractivity contribution in [3.8, 4) is 11.5 Å². The lowest BCUT2D eigenvalue weighted by molar-refractivity contribution is -0.116. The zero-order valence-corrected chi connectivity index (χ0v) is 21.3. The molecule has 0 atom stereocenters. The molecule has 5 rings (SSSR count). The monoisotopic (exact) mass is 494 g/mol.